The first-order valence-electron chi connectivity index (χ1n) is 7.78. The highest BCUT2D eigenvalue weighted by Crippen LogP contribution is 2.40. The molecule has 2 aromatic carbocycles. The summed E-state index contributed by atoms with van der Waals surface area (Å²) in [4.78, 5) is 0.914. The smallest absolute Gasteiger partial charge is 0.126 e. The Balaban J connectivity index is 2.45. The van der Waals surface area contributed by atoms with Crippen LogP contribution >= 0.6 is 12.6 Å². The van der Waals surface area contributed by atoms with Crippen molar-refractivity contribution in [2.24, 2.45) is 0 Å². The highest BCUT2D eigenvalue weighted by atomic mass is 32.1. The molecule has 0 spiro atoms. The van der Waals surface area contributed by atoms with Gasteiger partial charge in [-0.2, -0.15) is 0 Å². The van der Waals surface area contributed by atoms with Gasteiger partial charge in [0.25, 0.3) is 0 Å². The largest absolute Gasteiger partial charge is 0.507 e. The zero-order valence-corrected chi connectivity index (χ0v) is 13.7. The number of benzene rings is 2. The number of unbranched alkanes of at least 4 members (excludes halogenated alkanes) is 1. The summed E-state index contributed by atoms with van der Waals surface area (Å²) in [6.45, 7) is 4.39. The van der Waals surface area contributed by atoms with Crippen molar-refractivity contribution < 1.29 is 5.11 Å². The van der Waals surface area contributed by atoms with Gasteiger partial charge >= 0.3 is 0 Å². The Morgan fingerprint density at radius 1 is 1.10 bits per heavy atom. The Labute approximate surface area is 133 Å². The van der Waals surface area contributed by atoms with Crippen molar-refractivity contribution in [3.05, 3.63) is 48.0 Å². The van der Waals surface area contributed by atoms with Crippen LogP contribution in [0, 0.1) is 0 Å². The number of phenols is 1. The fourth-order valence-electron chi connectivity index (χ4n) is 2.82. The first-order valence-corrected chi connectivity index (χ1v) is 8.23. The topological polar surface area (TPSA) is 20.2 Å². The zero-order chi connectivity index (χ0) is 15.2. The minimum atomic E-state index is 0.402. The molecule has 0 heterocycles. The molecule has 0 aliphatic carbocycles. The predicted octanol–water partition coefficient (Wildman–Crippen LogP) is 6.03. The molecule has 1 nitrogen and oxygen atoms in total. The fraction of sp³-hybridized carbons (Fsp3) is 0.368. The molecule has 1 unspecified atom stereocenters. The van der Waals surface area contributed by atoms with Crippen molar-refractivity contribution in [1.29, 1.82) is 0 Å². The number of rotatable bonds is 6. The lowest BCUT2D eigenvalue weighted by atomic mass is 9.88. The molecule has 0 saturated heterocycles. The van der Waals surface area contributed by atoms with Gasteiger partial charge in [-0.15, -0.1) is 12.6 Å². The second-order valence-electron chi connectivity index (χ2n) is 5.54. The lowest BCUT2D eigenvalue weighted by Crippen LogP contribution is -1.99. The summed E-state index contributed by atoms with van der Waals surface area (Å²) in [5, 5.41) is 10.7. The maximum atomic E-state index is 10.7. The van der Waals surface area contributed by atoms with E-state index < -0.39 is 0 Å². The van der Waals surface area contributed by atoms with Gasteiger partial charge in [0.05, 0.1) is 0 Å². The lowest BCUT2D eigenvalue weighted by Gasteiger charge is -2.19. The van der Waals surface area contributed by atoms with Crippen LogP contribution in [-0.4, -0.2) is 5.11 Å². The molecule has 0 saturated carbocycles. The summed E-state index contributed by atoms with van der Waals surface area (Å²) >= 11 is 4.53. The fourth-order valence-corrected chi connectivity index (χ4v) is 3.09. The molecule has 0 amide bonds. The van der Waals surface area contributed by atoms with Crippen molar-refractivity contribution in [2.75, 3.05) is 0 Å². The highest BCUT2D eigenvalue weighted by Gasteiger charge is 2.17. The van der Waals surface area contributed by atoms with E-state index in [1.54, 1.807) is 0 Å². The highest BCUT2D eigenvalue weighted by molar-refractivity contribution is 7.80. The van der Waals surface area contributed by atoms with Crippen LogP contribution in [0.15, 0.2) is 47.4 Å². The normalized spacial score (nSPS) is 12.3. The summed E-state index contributed by atoms with van der Waals surface area (Å²) in [5.74, 6) is 0.821. The number of phenolic OH excluding ortho intramolecular Hbond substituents is 1. The Kier molecular flexibility index (Phi) is 5.75. The second kappa shape index (κ2) is 7.56. The first kappa shape index (κ1) is 16.0. The van der Waals surface area contributed by atoms with Crippen LogP contribution in [-0.2, 0) is 0 Å². The van der Waals surface area contributed by atoms with Gasteiger partial charge in [0, 0.05) is 10.5 Å². The molecule has 0 aliphatic rings. The van der Waals surface area contributed by atoms with Crippen molar-refractivity contribution in [3.8, 4) is 16.9 Å². The van der Waals surface area contributed by atoms with Gasteiger partial charge in [0.15, 0.2) is 0 Å². The summed E-state index contributed by atoms with van der Waals surface area (Å²) < 4.78 is 0. The molecule has 2 aromatic rings. The van der Waals surface area contributed by atoms with Gasteiger partial charge < -0.3 is 5.11 Å². The van der Waals surface area contributed by atoms with Gasteiger partial charge in [-0.25, -0.2) is 0 Å². The summed E-state index contributed by atoms with van der Waals surface area (Å²) in [7, 11) is 0. The molecule has 1 N–H and O–H groups in total. The Hall–Kier alpha value is -1.41. The van der Waals surface area contributed by atoms with Crippen LogP contribution in [0.2, 0.25) is 0 Å². The van der Waals surface area contributed by atoms with Crippen LogP contribution in [0.5, 0.6) is 5.75 Å². The maximum Gasteiger partial charge on any atom is 0.126 e. The Morgan fingerprint density at radius 3 is 2.43 bits per heavy atom. The molecular weight excluding hydrogens is 276 g/mol. The van der Waals surface area contributed by atoms with E-state index in [9.17, 15) is 5.11 Å². The number of thiol groups is 1. The van der Waals surface area contributed by atoms with E-state index in [1.807, 2.05) is 42.5 Å². The van der Waals surface area contributed by atoms with Crippen LogP contribution in [0.1, 0.15) is 51.0 Å². The van der Waals surface area contributed by atoms with Gasteiger partial charge in [-0.1, -0.05) is 57.0 Å². The second-order valence-corrected chi connectivity index (χ2v) is 6.06. The molecule has 0 aromatic heterocycles. The molecule has 2 rings (SSSR count). The van der Waals surface area contributed by atoms with Crippen LogP contribution < -0.4 is 0 Å². The monoisotopic (exact) mass is 300 g/mol. The van der Waals surface area contributed by atoms with Gasteiger partial charge in [-0.05, 0) is 42.0 Å². The molecular formula is C19H24OS. The van der Waals surface area contributed by atoms with E-state index in [-0.39, 0.29) is 0 Å². The zero-order valence-electron chi connectivity index (χ0n) is 12.8. The third-order valence-corrected chi connectivity index (χ3v) is 4.31. The van der Waals surface area contributed by atoms with Gasteiger partial charge in [0.2, 0.25) is 0 Å². The molecule has 0 bridgehead atoms. The molecule has 2 heteroatoms. The van der Waals surface area contributed by atoms with Crippen LogP contribution in [0.4, 0.5) is 0 Å². The quantitative estimate of drug-likeness (QED) is 0.624. The maximum absolute atomic E-state index is 10.7. The summed E-state index contributed by atoms with van der Waals surface area (Å²) in [6.07, 6.45) is 4.53. The van der Waals surface area contributed by atoms with Crippen LogP contribution in [0.25, 0.3) is 11.1 Å². The number of hydrogen-bond acceptors (Lipinski definition) is 2. The molecule has 112 valence electrons. The molecule has 0 fully saturated rings. The standard InChI is InChI=1S/C19H24OS/c1-3-5-9-14(4-2)17-12-16(21)13-18(19(17)20)15-10-7-6-8-11-15/h6-8,10-14,20-21H,3-5,9H2,1-2H3. The average molecular weight is 300 g/mol. The van der Waals surface area contributed by atoms with Crippen LogP contribution in [0.3, 0.4) is 0 Å². The van der Waals surface area contributed by atoms with Crippen molar-refractivity contribution in [2.45, 2.75) is 50.3 Å². The third kappa shape index (κ3) is 3.82. The van der Waals surface area contributed by atoms with Gasteiger partial charge in [-0.3, -0.25) is 0 Å². The summed E-state index contributed by atoms with van der Waals surface area (Å²) in [5.41, 5.74) is 2.96. The molecule has 0 aliphatic heterocycles. The molecule has 0 radical (unpaired) electrons. The predicted molar refractivity (Wildman–Crippen MR) is 93.4 cm³/mol. The third-order valence-electron chi connectivity index (χ3n) is 4.05. The van der Waals surface area contributed by atoms with Crippen molar-refractivity contribution in [1.82, 2.24) is 0 Å². The van der Waals surface area contributed by atoms with E-state index in [2.05, 4.69) is 26.5 Å². The van der Waals surface area contributed by atoms with Gasteiger partial charge in [0.1, 0.15) is 5.75 Å². The summed E-state index contributed by atoms with van der Waals surface area (Å²) in [6, 6.07) is 14.0. The van der Waals surface area contributed by atoms with E-state index in [0.717, 1.165) is 34.4 Å². The van der Waals surface area contributed by atoms with E-state index in [1.165, 1.54) is 12.8 Å². The van der Waals surface area contributed by atoms with Crippen molar-refractivity contribution in [3.63, 3.8) is 0 Å². The van der Waals surface area contributed by atoms with Crippen molar-refractivity contribution >= 4 is 12.6 Å². The molecule has 21 heavy (non-hydrogen) atoms. The van der Waals surface area contributed by atoms with E-state index in [4.69, 9.17) is 0 Å². The minimum Gasteiger partial charge on any atom is -0.507 e. The van der Waals surface area contributed by atoms with E-state index in [0.29, 0.717) is 11.7 Å². The number of aromatic hydroxyl groups is 1. The Bertz CT molecular complexity index is 578. The lowest BCUT2D eigenvalue weighted by molar-refractivity contribution is 0.453. The SMILES string of the molecule is CCCCC(CC)c1cc(S)cc(-c2ccccc2)c1O. The minimum absolute atomic E-state index is 0.402. The number of hydrogen-bond donors (Lipinski definition) is 2. The average Bonchev–Trinajstić information content (AvgIpc) is 2.51. The first-order chi connectivity index (χ1) is 10.2. The molecule has 1 atom stereocenters. The Morgan fingerprint density at radius 2 is 1.81 bits per heavy atom. The van der Waals surface area contributed by atoms with E-state index >= 15 is 0 Å².